The molecule has 0 rings (SSSR count). The Balaban J connectivity index is 3.37. The van der Waals surface area contributed by atoms with Crippen molar-refractivity contribution >= 4 is 12.4 Å². The highest BCUT2D eigenvalue weighted by Gasteiger charge is 2.19. The molecule has 148 valence electrons. The van der Waals surface area contributed by atoms with Crippen LogP contribution in [0.2, 0.25) is 0 Å². The molecule has 5 heteroatoms. The van der Waals surface area contributed by atoms with Crippen molar-refractivity contribution < 1.29 is 19.9 Å². The van der Waals surface area contributed by atoms with Gasteiger partial charge >= 0.3 is 5.97 Å². The second-order valence-corrected chi connectivity index (χ2v) is 7.15. The van der Waals surface area contributed by atoms with Crippen LogP contribution in [0.25, 0.3) is 0 Å². The lowest BCUT2D eigenvalue weighted by Crippen LogP contribution is -2.29. The number of carboxylic acids is 1. The van der Waals surface area contributed by atoms with E-state index in [0.717, 1.165) is 19.3 Å². The van der Waals surface area contributed by atoms with Gasteiger partial charge in [-0.05, 0) is 6.42 Å². The first-order chi connectivity index (χ1) is 12.1. The van der Waals surface area contributed by atoms with Gasteiger partial charge in [0.05, 0.1) is 12.5 Å². The molecule has 1 atom stereocenters. The lowest BCUT2D eigenvalue weighted by Gasteiger charge is -2.15. The Kier molecular flexibility index (Phi) is 16.9. The number of unbranched alkanes of at least 4 members (excludes halogenated alkanes) is 13. The normalized spacial score (nSPS) is 12.1. The van der Waals surface area contributed by atoms with Crippen molar-refractivity contribution in [2.24, 2.45) is 5.92 Å². The van der Waals surface area contributed by atoms with E-state index < -0.39 is 11.9 Å². The average molecular weight is 358 g/mol. The van der Waals surface area contributed by atoms with Gasteiger partial charge in [0.2, 0.25) is 6.41 Å². The van der Waals surface area contributed by atoms with Crippen LogP contribution in [-0.2, 0) is 9.59 Å². The van der Waals surface area contributed by atoms with Crippen molar-refractivity contribution in [3.63, 3.8) is 0 Å². The third kappa shape index (κ3) is 16.1. The second kappa shape index (κ2) is 17.7. The molecule has 0 aliphatic heterocycles. The van der Waals surface area contributed by atoms with Gasteiger partial charge in [0.25, 0.3) is 0 Å². The zero-order valence-electron chi connectivity index (χ0n) is 16.1. The predicted molar refractivity (Wildman–Crippen MR) is 101 cm³/mol. The smallest absolute Gasteiger partial charge is 0.308 e. The molecule has 0 radical (unpaired) electrons. The zero-order chi connectivity index (χ0) is 18.8. The van der Waals surface area contributed by atoms with Gasteiger partial charge in [-0.1, -0.05) is 96.8 Å². The van der Waals surface area contributed by atoms with Crippen molar-refractivity contribution in [3.8, 4) is 0 Å². The highest BCUT2D eigenvalue weighted by atomic mass is 16.5. The minimum absolute atomic E-state index is 0.128. The van der Waals surface area contributed by atoms with Crippen LogP contribution in [0, 0.1) is 5.92 Å². The number of aliphatic carboxylic acids is 1. The van der Waals surface area contributed by atoms with Crippen LogP contribution in [0.3, 0.4) is 0 Å². The highest BCUT2D eigenvalue weighted by Crippen LogP contribution is 2.15. The van der Waals surface area contributed by atoms with Crippen LogP contribution in [0.4, 0.5) is 0 Å². The molecule has 0 saturated heterocycles. The van der Waals surface area contributed by atoms with E-state index in [1.54, 1.807) is 0 Å². The molecule has 0 heterocycles. The maximum Gasteiger partial charge on any atom is 0.308 e. The quantitative estimate of drug-likeness (QED) is 0.140. The van der Waals surface area contributed by atoms with Crippen molar-refractivity contribution in [1.29, 1.82) is 0 Å². The van der Waals surface area contributed by atoms with Crippen molar-refractivity contribution in [2.75, 3.05) is 6.54 Å². The summed E-state index contributed by atoms with van der Waals surface area (Å²) in [5, 5.41) is 18.6. The summed E-state index contributed by atoms with van der Waals surface area (Å²) in [6.45, 7) is 2.12. The molecule has 0 bridgehead atoms. The first kappa shape index (κ1) is 23.9. The molecule has 1 unspecified atom stereocenters. The molecule has 1 amide bonds. The monoisotopic (exact) mass is 357 g/mol. The number of hydrogen-bond donors (Lipinski definition) is 2. The van der Waals surface area contributed by atoms with Gasteiger partial charge in [0.1, 0.15) is 0 Å². The molecule has 0 saturated carbocycles. The second-order valence-electron chi connectivity index (χ2n) is 7.15. The first-order valence-electron chi connectivity index (χ1n) is 10.3. The number of hydrogen-bond acceptors (Lipinski definition) is 3. The molecule has 0 aliphatic carbocycles. The van der Waals surface area contributed by atoms with E-state index >= 15 is 0 Å². The number of carboxylic acid groups (broad SMARTS) is 1. The molecule has 25 heavy (non-hydrogen) atoms. The van der Waals surface area contributed by atoms with Crippen molar-refractivity contribution in [1.82, 2.24) is 5.06 Å². The average Bonchev–Trinajstić information content (AvgIpc) is 2.60. The molecule has 0 aromatic carbocycles. The Hall–Kier alpha value is -1.10. The summed E-state index contributed by atoms with van der Waals surface area (Å²) in [6, 6.07) is 0. The Morgan fingerprint density at radius 2 is 1.24 bits per heavy atom. The molecule has 0 fully saturated rings. The van der Waals surface area contributed by atoms with Crippen LogP contribution in [-0.4, -0.2) is 34.3 Å². The fourth-order valence-corrected chi connectivity index (χ4v) is 3.15. The summed E-state index contributed by atoms with van der Waals surface area (Å²) in [5.41, 5.74) is 0. The van der Waals surface area contributed by atoms with Gasteiger partial charge in [-0.2, -0.15) is 0 Å². The molecule has 0 aromatic heterocycles. The lowest BCUT2D eigenvalue weighted by molar-refractivity contribution is -0.159. The minimum Gasteiger partial charge on any atom is -0.481 e. The molecule has 2 N–H and O–H groups in total. The Morgan fingerprint density at radius 1 is 0.840 bits per heavy atom. The SMILES string of the molecule is CCCCCCCCCCCCCCCCC(CN(O)C=O)C(=O)O. The Bertz CT molecular complexity index is 323. The lowest BCUT2D eigenvalue weighted by atomic mass is 9.99. The molecule has 5 nitrogen and oxygen atoms in total. The van der Waals surface area contributed by atoms with Crippen LogP contribution >= 0.6 is 0 Å². The maximum absolute atomic E-state index is 11.1. The molecule has 0 spiro atoms. The molecule has 0 aliphatic rings. The summed E-state index contributed by atoms with van der Waals surface area (Å²) >= 11 is 0. The number of carbonyl (C=O) groups excluding carboxylic acids is 1. The fourth-order valence-electron chi connectivity index (χ4n) is 3.15. The van der Waals surface area contributed by atoms with Gasteiger partial charge in [-0.25, -0.2) is 5.06 Å². The van der Waals surface area contributed by atoms with Crippen LogP contribution in [0.5, 0.6) is 0 Å². The predicted octanol–water partition coefficient (Wildman–Crippen LogP) is 5.41. The van der Waals surface area contributed by atoms with E-state index in [-0.39, 0.29) is 13.0 Å². The number of hydroxylamine groups is 2. The largest absolute Gasteiger partial charge is 0.481 e. The van der Waals surface area contributed by atoms with Gasteiger partial charge in [0.15, 0.2) is 0 Å². The number of amides is 1. The van der Waals surface area contributed by atoms with E-state index in [0.29, 0.717) is 11.5 Å². The molecular weight excluding hydrogens is 318 g/mol. The number of nitrogens with zero attached hydrogens (tertiary/aromatic N) is 1. The summed E-state index contributed by atoms with van der Waals surface area (Å²) < 4.78 is 0. The van der Waals surface area contributed by atoms with E-state index in [2.05, 4.69) is 6.92 Å². The van der Waals surface area contributed by atoms with E-state index in [9.17, 15) is 9.59 Å². The molecule has 0 aromatic rings. The van der Waals surface area contributed by atoms with Crippen molar-refractivity contribution in [2.45, 2.75) is 103 Å². The van der Waals surface area contributed by atoms with Crippen molar-refractivity contribution in [3.05, 3.63) is 0 Å². The maximum atomic E-state index is 11.1. The van der Waals surface area contributed by atoms with Crippen LogP contribution < -0.4 is 0 Å². The number of carbonyl (C=O) groups is 2. The van der Waals surface area contributed by atoms with E-state index in [1.807, 2.05) is 0 Å². The van der Waals surface area contributed by atoms with Gasteiger partial charge in [-0.15, -0.1) is 0 Å². The first-order valence-corrected chi connectivity index (χ1v) is 10.3. The fraction of sp³-hybridized carbons (Fsp3) is 0.900. The topological polar surface area (TPSA) is 77.8 Å². The van der Waals surface area contributed by atoms with Crippen LogP contribution in [0.1, 0.15) is 103 Å². The third-order valence-corrected chi connectivity index (χ3v) is 4.78. The summed E-state index contributed by atoms with van der Waals surface area (Å²) in [4.78, 5) is 21.4. The Morgan fingerprint density at radius 3 is 1.60 bits per heavy atom. The van der Waals surface area contributed by atoms with E-state index in [4.69, 9.17) is 10.3 Å². The highest BCUT2D eigenvalue weighted by molar-refractivity contribution is 5.70. The summed E-state index contributed by atoms with van der Waals surface area (Å²) in [7, 11) is 0. The van der Waals surface area contributed by atoms with Crippen LogP contribution in [0.15, 0.2) is 0 Å². The van der Waals surface area contributed by atoms with E-state index in [1.165, 1.54) is 70.6 Å². The summed E-state index contributed by atoms with van der Waals surface area (Å²) in [5.74, 6) is -1.62. The minimum atomic E-state index is -0.949. The van der Waals surface area contributed by atoms with Gasteiger partial charge < -0.3 is 5.11 Å². The third-order valence-electron chi connectivity index (χ3n) is 4.78. The zero-order valence-corrected chi connectivity index (χ0v) is 16.1. The van der Waals surface area contributed by atoms with Gasteiger partial charge in [0, 0.05) is 0 Å². The standard InChI is InChI=1S/C20H39NO4/c1-2-3-4-5-6-7-8-9-10-11-12-13-14-15-16-19(20(23)24)17-21(25)18-22/h18-19,25H,2-17H2,1H3,(H,23,24). The Labute approximate surface area is 153 Å². The molecular formula is C20H39NO4. The summed E-state index contributed by atoms with van der Waals surface area (Å²) in [6.07, 6.45) is 18.5. The number of rotatable bonds is 19. The van der Waals surface area contributed by atoms with Gasteiger partial charge in [-0.3, -0.25) is 14.8 Å².